The van der Waals surface area contributed by atoms with E-state index in [1.165, 1.54) is 0 Å². The number of carbonyl (C=O) groups excluding carboxylic acids is 2. The second kappa shape index (κ2) is 15.6. The summed E-state index contributed by atoms with van der Waals surface area (Å²) in [7, 11) is 0. The van der Waals surface area contributed by atoms with Crippen LogP contribution in [0.5, 0.6) is 5.75 Å². The van der Waals surface area contributed by atoms with E-state index in [4.69, 9.17) is 41.4 Å². The van der Waals surface area contributed by atoms with Gasteiger partial charge in [0, 0.05) is 41.5 Å². The summed E-state index contributed by atoms with van der Waals surface area (Å²) in [6, 6.07) is 21.4. The lowest BCUT2D eigenvalue weighted by Crippen LogP contribution is -2.48. The van der Waals surface area contributed by atoms with Gasteiger partial charge in [0.05, 0.1) is 13.2 Å². The number of esters is 1. The number of amides is 1. The summed E-state index contributed by atoms with van der Waals surface area (Å²) in [4.78, 5) is 35.3. The van der Waals surface area contributed by atoms with Gasteiger partial charge in [-0.2, -0.15) is 0 Å². The molecular formula is C34H38ClN5O6. The molecule has 2 N–H and O–H groups in total. The number of hydrogen-bond acceptors (Lipinski definition) is 8. The van der Waals surface area contributed by atoms with Crippen LogP contribution in [0.3, 0.4) is 0 Å². The van der Waals surface area contributed by atoms with E-state index in [-0.39, 0.29) is 38.4 Å². The minimum atomic E-state index is -1.60. The topological polar surface area (TPSA) is 155 Å². The van der Waals surface area contributed by atoms with Crippen LogP contribution in [0.25, 0.3) is 10.4 Å². The second-order valence-corrected chi connectivity index (χ2v) is 12.2. The van der Waals surface area contributed by atoms with Gasteiger partial charge in [-0.25, -0.2) is 4.99 Å². The molecule has 0 aromatic heterocycles. The molecule has 0 radical (unpaired) electrons. The number of ether oxygens (including phenoxy) is 3. The number of nitrogens with one attached hydrogen (secondary N) is 1. The average molecular weight is 648 g/mol. The quantitative estimate of drug-likeness (QED) is 0.0660. The third kappa shape index (κ3) is 9.00. The first-order valence-corrected chi connectivity index (χ1v) is 15.4. The van der Waals surface area contributed by atoms with E-state index >= 15 is 0 Å². The molecule has 2 atom stereocenters. The normalized spacial score (nSPS) is 17.3. The molecule has 11 nitrogen and oxygen atoms in total. The molecule has 3 aromatic carbocycles. The highest BCUT2D eigenvalue weighted by atomic mass is 35.5. The first kappa shape index (κ1) is 34.3. The summed E-state index contributed by atoms with van der Waals surface area (Å²) in [5, 5.41) is 16.3. The summed E-state index contributed by atoms with van der Waals surface area (Å²) in [6.45, 7) is 5.89. The Morgan fingerprint density at radius 3 is 2.59 bits per heavy atom. The lowest BCUT2D eigenvalue weighted by atomic mass is 9.81. The number of carbonyl (C=O) groups is 2. The number of aliphatic hydroxyl groups is 1. The van der Waals surface area contributed by atoms with Crippen LogP contribution >= 0.6 is 11.6 Å². The molecule has 0 bridgehead atoms. The van der Waals surface area contributed by atoms with E-state index in [1.54, 1.807) is 87.5 Å². The van der Waals surface area contributed by atoms with Gasteiger partial charge in [0.2, 0.25) is 5.90 Å². The van der Waals surface area contributed by atoms with Gasteiger partial charge < -0.3 is 24.6 Å². The first-order valence-electron chi connectivity index (χ1n) is 15.0. The van der Waals surface area contributed by atoms with Crippen molar-refractivity contribution >= 4 is 29.4 Å². The Bertz CT molecular complexity index is 1600. The van der Waals surface area contributed by atoms with E-state index in [1.807, 2.05) is 6.07 Å². The molecule has 12 heteroatoms. The third-order valence-corrected chi connectivity index (χ3v) is 7.38. The van der Waals surface area contributed by atoms with Crippen molar-refractivity contribution in [1.82, 2.24) is 5.32 Å². The SMILES string of the molecule is CC(C)(C)OC(=O)CC[C@@]1(C(=O)NCc2cccc(Cl)c2)N=C(c2ccc(OCCCO)cc2)O[C@@H]1c1ccccc1CN=[N+]=[N-]. The van der Waals surface area contributed by atoms with Crippen LogP contribution in [0.2, 0.25) is 5.02 Å². The van der Waals surface area contributed by atoms with Crippen LogP contribution in [-0.4, -0.2) is 47.2 Å². The van der Waals surface area contributed by atoms with E-state index in [2.05, 4.69) is 15.3 Å². The van der Waals surface area contributed by atoms with Gasteiger partial charge in [-0.15, -0.1) is 0 Å². The summed E-state index contributed by atoms with van der Waals surface area (Å²) >= 11 is 6.19. The maximum Gasteiger partial charge on any atom is 0.306 e. The minimum Gasteiger partial charge on any atom is -0.494 e. The molecule has 0 spiro atoms. The van der Waals surface area contributed by atoms with Crippen LogP contribution in [0, 0.1) is 0 Å². The van der Waals surface area contributed by atoms with Crippen LogP contribution < -0.4 is 10.1 Å². The molecule has 0 saturated heterocycles. The highest BCUT2D eigenvalue weighted by molar-refractivity contribution is 6.30. The molecule has 0 unspecified atom stereocenters. The molecule has 1 aliphatic heterocycles. The number of hydrogen-bond donors (Lipinski definition) is 2. The molecule has 3 aromatic rings. The van der Waals surface area contributed by atoms with Crippen molar-refractivity contribution in [2.45, 2.75) is 70.4 Å². The zero-order valence-corrected chi connectivity index (χ0v) is 26.9. The maximum absolute atomic E-state index is 14.4. The third-order valence-electron chi connectivity index (χ3n) is 7.14. The van der Waals surface area contributed by atoms with Crippen LogP contribution in [0.4, 0.5) is 0 Å². The largest absolute Gasteiger partial charge is 0.494 e. The standard InChI is InChI=1S/C34H38ClN5O6/c1-33(2,3)46-29(42)16-17-34(32(43)37-21-23-8-6-10-26(35)20-23)30(28-11-5-4-9-25(28)22-38-40-36)45-31(39-34)24-12-14-27(15-13-24)44-19-7-18-41/h4-6,8-15,20,30,41H,7,16-19,21-22H2,1-3H3,(H,37,43)/t30-,34-/m1/s1. The number of azide groups is 1. The average Bonchev–Trinajstić information content (AvgIpc) is 3.42. The Kier molecular flexibility index (Phi) is 11.7. The Hall–Kier alpha value is -4.57. The molecular weight excluding hydrogens is 610 g/mol. The number of aliphatic hydroxyl groups excluding tert-OH is 1. The number of aliphatic imine (C=N–C) groups is 1. The molecule has 242 valence electrons. The molecule has 0 saturated carbocycles. The van der Waals surface area contributed by atoms with Gasteiger partial charge in [0.1, 0.15) is 11.4 Å². The molecule has 46 heavy (non-hydrogen) atoms. The number of halogens is 1. The maximum atomic E-state index is 14.4. The van der Waals surface area contributed by atoms with Crippen molar-refractivity contribution < 1.29 is 28.9 Å². The van der Waals surface area contributed by atoms with Gasteiger partial charge >= 0.3 is 5.97 Å². The monoisotopic (exact) mass is 647 g/mol. The lowest BCUT2D eigenvalue weighted by molar-refractivity contribution is -0.155. The van der Waals surface area contributed by atoms with E-state index in [0.717, 1.165) is 5.56 Å². The summed E-state index contributed by atoms with van der Waals surface area (Å²) in [5.74, 6) is -0.141. The van der Waals surface area contributed by atoms with Gasteiger partial charge in [-0.1, -0.05) is 53.1 Å². The lowest BCUT2D eigenvalue weighted by Gasteiger charge is -2.32. The highest BCUT2D eigenvalue weighted by Gasteiger charge is 2.53. The fourth-order valence-corrected chi connectivity index (χ4v) is 5.27. The molecule has 0 aliphatic carbocycles. The van der Waals surface area contributed by atoms with Crippen molar-refractivity contribution in [3.63, 3.8) is 0 Å². The van der Waals surface area contributed by atoms with Crippen molar-refractivity contribution in [3.05, 3.63) is 111 Å². The molecule has 1 heterocycles. The highest BCUT2D eigenvalue weighted by Crippen LogP contribution is 2.44. The molecule has 4 rings (SSSR count). The number of benzene rings is 3. The van der Waals surface area contributed by atoms with Crippen molar-refractivity contribution in [3.8, 4) is 5.75 Å². The van der Waals surface area contributed by atoms with Gasteiger partial charge in [0.25, 0.3) is 5.91 Å². The molecule has 1 amide bonds. The fourth-order valence-electron chi connectivity index (χ4n) is 5.06. The van der Waals surface area contributed by atoms with Crippen LogP contribution in [0.1, 0.15) is 68.4 Å². The Labute approximate surface area is 273 Å². The van der Waals surface area contributed by atoms with Crippen molar-refractivity contribution in [2.24, 2.45) is 10.1 Å². The zero-order valence-electron chi connectivity index (χ0n) is 26.1. The Morgan fingerprint density at radius 1 is 1.13 bits per heavy atom. The fraction of sp³-hybridized carbons (Fsp3) is 0.382. The smallest absolute Gasteiger partial charge is 0.306 e. The van der Waals surface area contributed by atoms with Crippen LogP contribution in [0.15, 0.2) is 82.9 Å². The first-order chi connectivity index (χ1) is 22.0. The van der Waals surface area contributed by atoms with Crippen molar-refractivity contribution in [2.75, 3.05) is 13.2 Å². The number of rotatable bonds is 14. The predicted octanol–water partition coefficient (Wildman–Crippen LogP) is 6.61. The van der Waals surface area contributed by atoms with Crippen LogP contribution in [-0.2, 0) is 32.2 Å². The van der Waals surface area contributed by atoms with Gasteiger partial charge in [0.15, 0.2) is 11.6 Å². The predicted molar refractivity (Wildman–Crippen MR) is 174 cm³/mol. The van der Waals surface area contributed by atoms with Gasteiger partial charge in [-0.3, -0.25) is 9.59 Å². The molecule has 1 aliphatic rings. The van der Waals surface area contributed by atoms with Crippen molar-refractivity contribution in [1.29, 1.82) is 0 Å². The summed E-state index contributed by atoms with van der Waals surface area (Å²) < 4.78 is 17.8. The minimum absolute atomic E-state index is 0.0218. The summed E-state index contributed by atoms with van der Waals surface area (Å²) in [6.07, 6.45) is -0.626. The van der Waals surface area contributed by atoms with E-state index in [9.17, 15) is 9.59 Å². The second-order valence-electron chi connectivity index (χ2n) is 11.8. The Morgan fingerprint density at radius 2 is 1.89 bits per heavy atom. The summed E-state index contributed by atoms with van der Waals surface area (Å²) in [5.41, 5.74) is 9.35. The Balaban J connectivity index is 1.78. The van der Waals surface area contributed by atoms with Gasteiger partial charge in [-0.05, 0) is 85.8 Å². The molecule has 0 fully saturated rings. The number of nitrogens with zero attached hydrogens (tertiary/aromatic N) is 4. The van der Waals surface area contributed by atoms with E-state index < -0.39 is 29.1 Å². The zero-order chi connectivity index (χ0) is 33.2. The van der Waals surface area contributed by atoms with E-state index in [0.29, 0.717) is 40.5 Å².